The number of benzene rings is 1. The Hall–Kier alpha value is -2.49. The van der Waals surface area contributed by atoms with Crippen LogP contribution in [0.4, 0.5) is 18.9 Å². The van der Waals surface area contributed by atoms with E-state index in [1.165, 1.54) is 0 Å². The van der Waals surface area contributed by atoms with Crippen molar-refractivity contribution < 1.29 is 37.3 Å². The smallest absolute Gasteiger partial charge is 0.416 e. The number of hydrogen-bond acceptors (Lipinski definition) is 6. The Morgan fingerprint density at radius 1 is 1.17 bits per heavy atom. The summed E-state index contributed by atoms with van der Waals surface area (Å²) in [5.41, 5.74) is -2.06. The summed E-state index contributed by atoms with van der Waals surface area (Å²) in [5.74, 6) is -2.02. The first-order valence-corrected chi connectivity index (χ1v) is 6.27. The number of halogens is 3. The van der Waals surface area contributed by atoms with E-state index in [4.69, 9.17) is 0 Å². The molecular weight excluding hydrogens is 318 g/mol. The monoisotopic (exact) mass is 329 g/mol. The zero-order valence-electron chi connectivity index (χ0n) is 12.0. The van der Waals surface area contributed by atoms with E-state index in [0.29, 0.717) is 6.07 Å². The zero-order chi connectivity index (χ0) is 17.4. The highest BCUT2D eigenvalue weighted by Crippen LogP contribution is 2.31. The molecule has 0 saturated carbocycles. The van der Waals surface area contributed by atoms with Crippen molar-refractivity contribution in [3.63, 3.8) is 0 Å². The van der Waals surface area contributed by atoms with Crippen molar-refractivity contribution in [2.24, 2.45) is 0 Å². The Labute approximate surface area is 129 Å². The maximum atomic E-state index is 12.8. The molecule has 122 valence electrons. The van der Waals surface area contributed by atoms with Crippen LogP contribution in [0.2, 0.25) is 0 Å². The summed E-state index contributed by atoms with van der Waals surface area (Å²) in [7, 11) is 2.07. The lowest BCUT2D eigenvalue weighted by Gasteiger charge is -2.25. The average molecular weight is 329 g/mol. The van der Waals surface area contributed by atoms with E-state index >= 15 is 0 Å². The first-order valence-electron chi connectivity index (χ1n) is 6.27. The summed E-state index contributed by atoms with van der Waals surface area (Å²) in [6.07, 6.45) is -4.62. The molecule has 10 heteroatoms. The predicted octanol–water partition coefficient (Wildman–Crippen LogP) is 0.461. The van der Waals surface area contributed by atoms with E-state index in [0.717, 1.165) is 26.4 Å². The molecule has 0 fully saturated rings. The number of methoxy groups -OCH3 is 2. The second-order valence-electron chi connectivity index (χ2n) is 4.60. The van der Waals surface area contributed by atoms with Gasteiger partial charge in [0.05, 0.1) is 25.3 Å². The fraction of sp³-hybridized carbons (Fsp3) is 0.231. The van der Waals surface area contributed by atoms with E-state index < -0.39 is 36.1 Å². The van der Waals surface area contributed by atoms with Crippen LogP contribution in [0.15, 0.2) is 29.4 Å². The van der Waals surface area contributed by atoms with Gasteiger partial charge >= 0.3 is 25.0 Å². The number of alkyl halides is 3. The van der Waals surface area contributed by atoms with E-state index in [2.05, 4.69) is 14.8 Å². The first kappa shape index (κ1) is 16.9. The minimum absolute atomic E-state index is 0.0542. The van der Waals surface area contributed by atoms with Crippen LogP contribution in [0.1, 0.15) is 5.56 Å². The van der Waals surface area contributed by atoms with E-state index in [9.17, 15) is 27.8 Å². The summed E-state index contributed by atoms with van der Waals surface area (Å²) < 4.78 is 47.3. The number of carbonyl (C=O) groups is 2. The number of hydrogen-bond donors (Lipinski definition) is 2. The molecule has 0 amide bonds. The second kappa shape index (κ2) is 5.96. The number of fused-ring (bicyclic) bond motifs is 1. The average Bonchev–Trinajstić information content (AvgIpc) is 2.52. The summed E-state index contributed by atoms with van der Waals surface area (Å²) in [6, 6.07) is 2.54. The van der Waals surface area contributed by atoms with Crippen molar-refractivity contribution in [3.05, 3.63) is 34.9 Å². The van der Waals surface area contributed by atoms with Crippen molar-refractivity contribution in [2.45, 2.75) is 6.18 Å². The lowest BCUT2D eigenvalue weighted by atomic mass is 9.52. The second-order valence-corrected chi connectivity index (χ2v) is 4.60. The van der Waals surface area contributed by atoms with E-state index in [1.54, 1.807) is 0 Å². The molecule has 0 atom stereocenters. The molecule has 1 aliphatic heterocycles. The van der Waals surface area contributed by atoms with Crippen molar-refractivity contribution in [1.82, 2.24) is 0 Å². The zero-order valence-corrected chi connectivity index (χ0v) is 12.0. The number of anilines is 1. The van der Waals surface area contributed by atoms with Crippen LogP contribution in [0, 0.1) is 0 Å². The lowest BCUT2D eigenvalue weighted by Crippen LogP contribution is -2.45. The van der Waals surface area contributed by atoms with Gasteiger partial charge in [-0.05, 0) is 17.6 Å². The molecule has 2 rings (SSSR count). The third-order valence-corrected chi connectivity index (χ3v) is 3.27. The third-order valence-electron chi connectivity index (χ3n) is 3.27. The Bertz CT molecular complexity index is 701. The molecule has 2 N–H and O–H groups in total. The minimum atomic E-state index is -4.62. The molecule has 0 aromatic heterocycles. The van der Waals surface area contributed by atoms with Crippen LogP contribution >= 0.6 is 0 Å². The normalized spacial score (nSPS) is 14.1. The molecule has 23 heavy (non-hydrogen) atoms. The number of ether oxygens (including phenoxy) is 2. The predicted molar refractivity (Wildman–Crippen MR) is 73.7 cm³/mol. The first-order chi connectivity index (χ1) is 10.7. The van der Waals surface area contributed by atoms with Crippen LogP contribution in [0.5, 0.6) is 0 Å². The van der Waals surface area contributed by atoms with Gasteiger partial charge in [0.15, 0.2) is 0 Å². The molecule has 1 aromatic carbocycles. The SMILES string of the molecule is COC(=O)C1=C(C(=O)OC)B(O)c2cc(C(F)(F)F)ccc2N1. The molecule has 6 nitrogen and oxygen atoms in total. The molecule has 0 radical (unpaired) electrons. The Morgan fingerprint density at radius 2 is 1.78 bits per heavy atom. The minimum Gasteiger partial charge on any atom is -0.466 e. The van der Waals surface area contributed by atoms with Crippen molar-refractivity contribution in [3.8, 4) is 0 Å². The van der Waals surface area contributed by atoms with Gasteiger partial charge in [-0.25, -0.2) is 9.59 Å². The molecule has 0 aliphatic carbocycles. The molecule has 0 unspecified atom stereocenters. The maximum Gasteiger partial charge on any atom is 0.416 e. The number of carbonyl (C=O) groups excluding carboxylic acids is 2. The highest BCUT2D eigenvalue weighted by molar-refractivity contribution is 6.80. The molecule has 1 aromatic rings. The van der Waals surface area contributed by atoms with Crippen molar-refractivity contribution in [1.29, 1.82) is 0 Å². The summed E-state index contributed by atoms with van der Waals surface area (Å²) in [4.78, 5) is 23.5. The maximum absolute atomic E-state index is 12.8. The quantitative estimate of drug-likeness (QED) is 0.606. The van der Waals surface area contributed by atoms with Gasteiger partial charge < -0.3 is 19.8 Å². The molecule has 1 heterocycles. The summed E-state index contributed by atoms with van der Waals surface area (Å²) in [6.45, 7) is -1.77. The largest absolute Gasteiger partial charge is 0.466 e. The Balaban J connectivity index is 2.59. The molecule has 0 bridgehead atoms. The standard InChI is InChI=1S/C13H11BF3NO5/c1-22-11(19)9-10(12(20)23-2)18-8-4-3-6(13(15,16)17)5-7(8)14(9)21/h3-5,18,21H,1-2H3. The molecule has 0 spiro atoms. The van der Waals surface area contributed by atoms with Gasteiger partial charge in [0.1, 0.15) is 5.70 Å². The number of nitrogens with one attached hydrogen (secondary N) is 1. The van der Waals surface area contributed by atoms with Crippen LogP contribution < -0.4 is 10.8 Å². The third kappa shape index (κ3) is 3.02. The Morgan fingerprint density at radius 3 is 2.30 bits per heavy atom. The number of esters is 2. The summed E-state index contributed by atoms with van der Waals surface area (Å²) >= 11 is 0. The molecular formula is C13H11BF3NO5. The van der Waals surface area contributed by atoms with Gasteiger partial charge in [0.2, 0.25) is 0 Å². The topological polar surface area (TPSA) is 84.9 Å². The molecule has 0 saturated heterocycles. The van der Waals surface area contributed by atoms with E-state index in [-0.39, 0.29) is 16.8 Å². The van der Waals surface area contributed by atoms with Gasteiger partial charge in [-0.1, -0.05) is 6.07 Å². The Kier molecular flexibility index (Phi) is 4.37. The van der Waals surface area contributed by atoms with Gasteiger partial charge in [0, 0.05) is 5.69 Å². The van der Waals surface area contributed by atoms with Crippen molar-refractivity contribution >= 4 is 30.0 Å². The van der Waals surface area contributed by atoms with E-state index in [1.807, 2.05) is 0 Å². The van der Waals surface area contributed by atoms with Gasteiger partial charge in [0.25, 0.3) is 0 Å². The van der Waals surface area contributed by atoms with Crippen LogP contribution in [-0.2, 0) is 25.2 Å². The number of rotatable bonds is 2. The van der Waals surface area contributed by atoms with Crippen LogP contribution in [0.25, 0.3) is 0 Å². The lowest BCUT2D eigenvalue weighted by molar-refractivity contribution is -0.138. The van der Waals surface area contributed by atoms with Crippen molar-refractivity contribution in [2.75, 3.05) is 19.5 Å². The fourth-order valence-electron chi connectivity index (χ4n) is 2.16. The highest BCUT2D eigenvalue weighted by atomic mass is 19.4. The van der Waals surface area contributed by atoms with Gasteiger partial charge in [-0.2, -0.15) is 13.2 Å². The molecule has 1 aliphatic rings. The fourth-order valence-corrected chi connectivity index (χ4v) is 2.16. The highest BCUT2D eigenvalue weighted by Gasteiger charge is 2.40. The summed E-state index contributed by atoms with van der Waals surface area (Å²) in [5, 5.41) is 12.8. The van der Waals surface area contributed by atoms with Crippen LogP contribution in [0.3, 0.4) is 0 Å². The van der Waals surface area contributed by atoms with Gasteiger partial charge in [-0.3, -0.25) is 0 Å². The van der Waals surface area contributed by atoms with Crippen LogP contribution in [-0.4, -0.2) is 38.1 Å². The van der Waals surface area contributed by atoms with Gasteiger partial charge in [-0.15, -0.1) is 0 Å².